The van der Waals surface area contributed by atoms with Gasteiger partial charge in [-0.05, 0) is 30.5 Å². The Balaban J connectivity index is 1.46. The Morgan fingerprint density at radius 1 is 1.11 bits per heavy atom. The van der Waals surface area contributed by atoms with Crippen molar-refractivity contribution in [1.29, 1.82) is 0 Å². The summed E-state index contributed by atoms with van der Waals surface area (Å²) >= 11 is 0. The number of fused-ring (bicyclic) bond motifs is 3. The van der Waals surface area contributed by atoms with Crippen LogP contribution in [-0.2, 0) is 17.8 Å². The van der Waals surface area contributed by atoms with Gasteiger partial charge in [0.2, 0.25) is 0 Å². The van der Waals surface area contributed by atoms with Crippen molar-refractivity contribution in [3.63, 3.8) is 0 Å². The molecule has 1 aromatic heterocycles. The molecule has 2 aliphatic heterocycles. The molecule has 0 atom stereocenters. The Morgan fingerprint density at radius 2 is 1.96 bits per heavy atom. The van der Waals surface area contributed by atoms with Crippen LogP contribution in [0.5, 0.6) is 5.75 Å². The number of hydrogen-bond donors (Lipinski definition) is 0. The molecule has 0 bridgehead atoms. The van der Waals surface area contributed by atoms with E-state index in [1.165, 1.54) is 48.6 Å². The summed E-state index contributed by atoms with van der Waals surface area (Å²) in [5.41, 5.74) is 3.70. The standard InChI is InChI=1S/C22H29N3O2/c1-2-5-19(6-3-1)25-15-18-13-17(14-24-9-11-26-12-10-24)20-7-4-8-23-21(20)22(18)27-16-25/h4,7-8,13,19H,1-3,5-6,9-12,14-16H2. The summed E-state index contributed by atoms with van der Waals surface area (Å²) in [6.07, 6.45) is 8.61. The highest BCUT2D eigenvalue weighted by atomic mass is 16.5. The van der Waals surface area contributed by atoms with Gasteiger partial charge in [-0.15, -0.1) is 0 Å². The van der Waals surface area contributed by atoms with E-state index in [4.69, 9.17) is 14.5 Å². The van der Waals surface area contributed by atoms with Gasteiger partial charge in [0.1, 0.15) is 12.2 Å². The number of ether oxygens (including phenoxy) is 2. The molecule has 1 saturated heterocycles. The van der Waals surface area contributed by atoms with Crippen molar-refractivity contribution in [2.45, 2.75) is 51.2 Å². The molecular formula is C22H29N3O2. The van der Waals surface area contributed by atoms with Crippen molar-refractivity contribution in [2.75, 3.05) is 33.0 Å². The minimum Gasteiger partial charge on any atom is -0.475 e. The van der Waals surface area contributed by atoms with Gasteiger partial charge in [0.05, 0.1) is 13.2 Å². The average molecular weight is 367 g/mol. The van der Waals surface area contributed by atoms with E-state index in [1.54, 1.807) is 0 Å². The molecule has 1 saturated carbocycles. The van der Waals surface area contributed by atoms with Gasteiger partial charge in [0.25, 0.3) is 0 Å². The maximum Gasteiger partial charge on any atom is 0.152 e. The third-order valence-corrected chi connectivity index (χ3v) is 6.35. The molecule has 1 aliphatic carbocycles. The van der Waals surface area contributed by atoms with Crippen molar-refractivity contribution in [2.24, 2.45) is 0 Å². The number of hydrogen-bond acceptors (Lipinski definition) is 5. The zero-order chi connectivity index (χ0) is 18.1. The van der Waals surface area contributed by atoms with Crippen LogP contribution in [0.2, 0.25) is 0 Å². The Labute approximate surface area is 161 Å². The molecule has 0 spiro atoms. The normalized spacial score (nSPS) is 22.5. The fourth-order valence-corrected chi connectivity index (χ4v) is 4.85. The van der Waals surface area contributed by atoms with Crippen LogP contribution in [0.4, 0.5) is 0 Å². The van der Waals surface area contributed by atoms with Gasteiger partial charge in [0.15, 0.2) is 5.75 Å². The average Bonchev–Trinajstić information content (AvgIpc) is 2.75. The zero-order valence-corrected chi connectivity index (χ0v) is 16.0. The third kappa shape index (κ3) is 3.56. The monoisotopic (exact) mass is 367 g/mol. The number of morpholine rings is 1. The second kappa shape index (κ2) is 7.74. The fourth-order valence-electron chi connectivity index (χ4n) is 4.85. The minimum atomic E-state index is 0.675. The lowest BCUT2D eigenvalue weighted by atomic mass is 9.93. The summed E-state index contributed by atoms with van der Waals surface area (Å²) < 4.78 is 11.8. The maximum absolute atomic E-state index is 6.28. The summed E-state index contributed by atoms with van der Waals surface area (Å²) in [4.78, 5) is 9.72. The molecule has 0 amide bonds. The molecule has 0 radical (unpaired) electrons. The van der Waals surface area contributed by atoms with Gasteiger partial charge in [-0.3, -0.25) is 14.8 Å². The highest BCUT2D eigenvalue weighted by molar-refractivity contribution is 5.89. The molecule has 27 heavy (non-hydrogen) atoms. The molecule has 3 heterocycles. The largest absolute Gasteiger partial charge is 0.475 e. The zero-order valence-electron chi connectivity index (χ0n) is 16.0. The van der Waals surface area contributed by atoms with Crippen LogP contribution in [0.1, 0.15) is 43.2 Å². The first-order valence-electron chi connectivity index (χ1n) is 10.4. The van der Waals surface area contributed by atoms with Crippen LogP contribution in [0.3, 0.4) is 0 Å². The van der Waals surface area contributed by atoms with Crippen LogP contribution in [0, 0.1) is 0 Å². The van der Waals surface area contributed by atoms with Crippen LogP contribution in [0.25, 0.3) is 10.9 Å². The molecule has 144 valence electrons. The SMILES string of the molecule is c1cnc2c3c(cc(CN4CCOCC4)c2c1)CN(C1CCCCC1)CO3. The van der Waals surface area contributed by atoms with E-state index in [0.717, 1.165) is 50.7 Å². The van der Waals surface area contributed by atoms with Crippen LogP contribution in [-0.4, -0.2) is 53.9 Å². The van der Waals surface area contributed by atoms with Crippen LogP contribution in [0.15, 0.2) is 24.4 Å². The van der Waals surface area contributed by atoms with Crippen LogP contribution < -0.4 is 4.74 Å². The molecule has 5 nitrogen and oxygen atoms in total. The number of aromatic nitrogens is 1. The summed E-state index contributed by atoms with van der Waals surface area (Å²) in [7, 11) is 0. The fraction of sp³-hybridized carbons (Fsp3) is 0.591. The van der Waals surface area contributed by atoms with E-state index in [0.29, 0.717) is 12.8 Å². The van der Waals surface area contributed by atoms with Gasteiger partial charge < -0.3 is 9.47 Å². The van der Waals surface area contributed by atoms with Crippen molar-refractivity contribution in [1.82, 2.24) is 14.8 Å². The Morgan fingerprint density at radius 3 is 2.81 bits per heavy atom. The van der Waals surface area contributed by atoms with Crippen molar-refractivity contribution in [3.05, 3.63) is 35.5 Å². The lowest BCUT2D eigenvalue weighted by molar-refractivity contribution is 0.0338. The Kier molecular flexibility index (Phi) is 4.99. The number of nitrogens with zero attached hydrogens (tertiary/aromatic N) is 3. The first-order chi connectivity index (χ1) is 13.4. The molecule has 3 aliphatic rings. The molecule has 5 heteroatoms. The minimum absolute atomic E-state index is 0.675. The predicted octanol–water partition coefficient (Wildman–Crippen LogP) is 3.55. The lowest BCUT2D eigenvalue weighted by Gasteiger charge is -2.38. The van der Waals surface area contributed by atoms with E-state index >= 15 is 0 Å². The Hall–Kier alpha value is -1.69. The number of rotatable bonds is 3. The van der Waals surface area contributed by atoms with Gasteiger partial charge in [-0.2, -0.15) is 0 Å². The summed E-state index contributed by atoms with van der Waals surface area (Å²) in [6, 6.07) is 7.28. The molecule has 2 aromatic rings. The van der Waals surface area contributed by atoms with Crippen molar-refractivity contribution < 1.29 is 9.47 Å². The van der Waals surface area contributed by atoms with Gasteiger partial charge in [0, 0.05) is 49.4 Å². The molecule has 0 unspecified atom stereocenters. The highest BCUT2D eigenvalue weighted by Crippen LogP contribution is 2.37. The summed E-state index contributed by atoms with van der Waals surface area (Å²) in [6.45, 7) is 6.32. The van der Waals surface area contributed by atoms with E-state index in [2.05, 4.69) is 21.9 Å². The number of benzene rings is 1. The summed E-state index contributed by atoms with van der Waals surface area (Å²) in [5.74, 6) is 1.00. The van der Waals surface area contributed by atoms with E-state index in [-0.39, 0.29) is 0 Å². The Bertz CT molecular complexity index is 797. The van der Waals surface area contributed by atoms with E-state index < -0.39 is 0 Å². The van der Waals surface area contributed by atoms with Crippen molar-refractivity contribution in [3.8, 4) is 5.75 Å². The molecule has 2 fully saturated rings. The topological polar surface area (TPSA) is 37.8 Å². The number of pyridine rings is 1. The van der Waals surface area contributed by atoms with Crippen LogP contribution >= 0.6 is 0 Å². The van der Waals surface area contributed by atoms with Gasteiger partial charge in [-0.1, -0.05) is 25.3 Å². The van der Waals surface area contributed by atoms with Gasteiger partial charge >= 0.3 is 0 Å². The third-order valence-electron chi connectivity index (χ3n) is 6.35. The van der Waals surface area contributed by atoms with E-state index in [1.807, 2.05) is 12.3 Å². The van der Waals surface area contributed by atoms with E-state index in [9.17, 15) is 0 Å². The van der Waals surface area contributed by atoms with Crippen molar-refractivity contribution >= 4 is 10.9 Å². The predicted molar refractivity (Wildman–Crippen MR) is 106 cm³/mol. The molecule has 1 aromatic carbocycles. The molecular weight excluding hydrogens is 338 g/mol. The molecule has 0 N–H and O–H groups in total. The lowest BCUT2D eigenvalue weighted by Crippen LogP contribution is -2.41. The quantitative estimate of drug-likeness (QED) is 0.829. The first-order valence-corrected chi connectivity index (χ1v) is 10.4. The molecule has 5 rings (SSSR count). The maximum atomic E-state index is 6.28. The first kappa shape index (κ1) is 17.4. The highest BCUT2D eigenvalue weighted by Gasteiger charge is 2.28. The summed E-state index contributed by atoms with van der Waals surface area (Å²) in [5, 5.41) is 1.23. The second-order valence-corrected chi connectivity index (χ2v) is 8.12. The smallest absolute Gasteiger partial charge is 0.152 e. The van der Waals surface area contributed by atoms with Gasteiger partial charge in [-0.25, -0.2) is 0 Å². The second-order valence-electron chi connectivity index (χ2n) is 8.12.